The van der Waals surface area contributed by atoms with Crippen LogP contribution in [0.15, 0.2) is 0 Å². The Morgan fingerprint density at radius 1 is 1.03 bits per heavy atom. The third-order valence-corrected chi connectivity index (χ3v) is 6.87. The Bertz CT molecular complexity index is 528. The smallest absolute Gasteiger partial charge is 0.343 e. The third-order valence-electron chi connectivity index (χ3n) is 6.87. The van der Waals surface area contributed by atoms with Gasteiger partial charge in [0, 0.05) is 13.5 Å². The highest BCUT2D eigenvalue weighted by atomic mass is 16.6. The predicted octanol–water partition coefficient (Wildman–Crippen LogP) is 5.86. The van der Waals surface area contributed by atoms with Crippen LogP contribution >= 0.6 is 0 Å². The van der Waals surface area contributed by atoms with Crippen molar-refractivity contribution in [1.29, 1.82) is 0 Å². The van der Waals surface area contributed by atoms with E-state index < -0.39 is 12.1 Å². The van der Waals surface area contributed by atoms with Gasteiger partial charge in [-0.1, -0.05) is 52.9 Å². The molecule has 1 rings (SSSR count). The lowest BCUT2D eigenvalue weighted by Crippen LogP contribution is -2.35. The van der Waals surface area contributed by atoms with Crippen molar-refractivity contribution in [2.45, 2.75) is 130 Å². The number of ketones is 1. The Kier molecular flexibility index (Phi) is 12.9. The molecule has 4 atom stereocenters. The van der Waals surface area contributed by atoms with Gasteiger partial charge in [0.15, 0.2) is 5.78 Å². The number of rotatable bonds is 16. The minimum Gasteiger partial charge on any atom is -0.461 e. The summed E-state index contributed by atoms with van der Waals surface area (Å²) in [7, 11) is 1.37. The van der Waals surface area contributed by atoms with E-state index in [4.69, 9.17) is 9.47 Å². The van der Waals surface area contributed by atoms with Crippen LogP contribution in [0.1, 0.15) is 112 Å². The number of Topliss-reactive ketones (excluding diaryl/α,β-unsaturated/α-hetero) is 1. The van der Waals surface area contributed by atoms with E-state index >= 15 is 0 Å². The summed E-state index contributed by atoms with van der Waals surface area (Å²) in [6.07, 6.45) is 10.8. The maximum absolute atomic E-state index is 12.4. The van der Waals surface area contributed by atoms with Gasteiger partial charge in [-0.25, -0.2) is 4.79 Å². The number of carbonyl (C=O) groups is 2. The molecule has 1 N–H and O–H groups in total. The van der Waals surface area contributed by atoms with E-state index in [1.54, 1.807) is 13.8 Å². The van der Waals surface area contributed by atoms with Crippen LogP contribution in [0.3, 0.4) is 0 Å². The highest BCUT2D eigenvalue weighted by Crippen LogP contribution is 2.40. The molecule has 0 aliphatic heterocycles. The summed E-state index contributed by atoms with van der Waals surface area (Å²) in [4.78, 5) is 24.3. The van der Waals surface area contributed by atoms with Gasteiger partial charge in [0.1, 0.15) is 0 Å². The second kappa shape index (κ2) is 14.3. The van der Waals surface area contributed by atoms with Crippen LogP contribution in [0, 0.1) is 17.3 Å². The number of ether oxygens (including phenoxy) is 2. The minimum atomic E-state index is -1.12. The van der Waals surface area contributed by atoms with Crippen LogP contribution in [0.5, 0.6) is 0 Å². The molecule has 0 heterocycles. The number of methoxy groups -OCH3 is 1. The number of aliphatic hydroxyl groups excluding tert-OH is 1. The van der Waals surface area contributed by atoms with Crippen molar-refractivity contribution >= 4 is 11.8 Å². The molecule has 0 amide bonds. The van der Waals surface area contributed by atoms with E-state index in [9.17, 15) is 14.7 Å². The molecule has 1 aliphatic carbocycles. The van der Waals surface area contributed by atoms with Crippen LogP contribution in [-0.2, 0) is 19.1 Å². The van der Waals surface area contributed by atoms with Crippen molar-refractivity contribution < 1.29 is 24.2 Å². The first kappa shape index (κ1) is 28.1. The molecule has 0 aromatic rings. The highest BCUT2D eigenvalue weighted by molar-refractivity contribution is 6.02. The number of carbonyl (C=O) groups excluding carboxylic acids is 2. The Balaban J connectivity index is 2.38. The first-order valence-electron chi connectivity index (χ1n) is 12.5. The SMILES string of the molecule is CCCCC(C)(C)CCC[C@H]1CC[C@H](O)[C@@H]1CCCCC(=O)C(OC)C(=O)OC(C)C. The first-order chi connectivity index (χ1) is 14.6. The normalized spacial score (nSPS) is 22.6. The summed E-state index contributed by atoms with van der Waals surface area (Å²) in [5.41, 5.74) is 0.414. The number of esters is 1. The van der Waals surface area contributed by atoms with E-state index in [0.717, 1.165) is 25.7 Å². The van der Waals surface area contributed by atoms with Crippen LogP contribution in [0.2, 0.25) is 0 Å². The highest BCUT2D eigenvalue weighted by Gasteiger charge is 2.34. The first-order valence-corrected chi connectivity index (χ1v) is 12.5. The molecule has 1 aliphatic rings. The van der Waals surface area contributed by atoms with E-state index in [1.165, 1.54) is 45.6 Å². The maximum atomic E-state index is 12.4. The molecule has 5 heteroatoms. The predicted molar refractivity (Wildman–Crippen MR) is 125 cm³/mol. The number of hydrogen-bond donors (Lipinski definition) is 1. The zero-order valence-electron chi connectivity index (χ0n) is 21.0. The molecule has 0 radical (unpaired) electrons. The molecular weight excluding hydrogens is 392 g/mol. The summed E-state index contributed by atoms with van der Waals surface area (Å²) in [5, 5.41) is 10.5. The largest absolute Gasteiger partial charge is 0.461 e. The van der Waals surface area contributed by atoms with Crippen molar-refractivity contribution in [2.24, 2.45) is 17.3 Å². The lowest BCUT2D eigenvalue weighted by atomic mass is 9.79. The standard InChI is InChI=1S/C26H48O5/c1-7-8-17-26(4,5)18-11-12-20-15-16-22(27)21(20)13-9-10-14-23(28)24(30-6)25(29)31-19(2)3/h19-22,24,27H,7-18H2,1-6H3/t20-,21+,22-,24?/m0/s1. The molecule has 182 valence electrons. The zero-order valence-corrected chi connectivity index (χ0v) is 21.0. The Labute approximate surface area is 190 Å². The number of unbranched alkanes of at least 4 members (excludes halogenated alkanes) is 2. The second-order valence-electron chi connectivity index (χ2n) is 10.5. The van der Waals surface area contributed by atoms with Crippen LogP contribution in [0.4, 0.5) is 0 Å². The van der Waals surface area contributed by atoms with Gasteiger partial charge in [-0.05, 0) is 69.6 Å². The fraction of sp³-hybridized carbons (Fsp3) is 0.923. The molecule has 1 unspecified atom stereocenters. The fourth-order valence-electron chi connectivity index (χ4n) is 5.00. The van der Waals surface area contributed by atoms with Crippen molar-refractivity contribution in [3.05, 3.63) is 0 Å². The van der Waals surface area contributed by atoms with Gasteiger partial charge in [0.25, 0.3) is 0 Å². The average Bonchev–Trinajstić information content (AvgIpc) is 3.03. The maximum Gasteiger partial charge on any atom is 0.343 e. The van der Waals surface area contributed by atoms with E-state index in [-0.39, 0.29) is 18.0 Å². The zero-order chi connectivity index (χ0) is 23.4. The van der Waals surface area contributed by atoms with Crippen LogP contribution < -0.4 is 0 Å². The Morgan fingerprint density at radius 2 is 1.71 bits per heavy atom. The lowest BCUT2D eigenvalue weighted by Gasteiger charge is -2.27. The molecule has 0 bridgehead atoms. The molecule has 1 fully saturated rings. The molecule has 5 nitrogen and oxygen atoms in total. The Hall–Kier alpha value is -0.940. The van der Waals surface area contributed by atoms with E-state index in [0.29, 0.717) is 30.1 Å². The molecule has 0 saturated heterocycles. The van der Waals surface area contributed by atoms with Gasteiger partial charge in [-0.2, -0.15) is 0 Å². The topological polar surface area (TPSA) is 72.8 Å². The summed E-state index contributed by atoms with van der Waals surface area (Å²) in [6, 6.07) is 0. The van der Waals surface area contributed by atoms with Gasteiger partial charge in [-0.15, -0.1) is 0 Å². The van der Waals surface area contributed by atoms with Gasteiger partial charge < -0.3 is 14.6 Å². The second-order valence-corrected chi connectivity index (χ2v) is 10.5. The van der Waals surface area contributed by atoms with Crippen molar-refractivity contribution in [2.75, 3.05) is 7.11 Å². The number of aliphatic hydroxyl groups is 1. The average molecular weight is 441 g/mol. The molecule has 1 saturated carbocycles. The Morgan fingerprint density at radius 3 is 2.32 bits per heavy atom. The van der Waals surface area contributed by atoms with Gasteiger partial charge in [0.2, 0.25) is 6.10 Å². The summed E-state index contributed by atoms with van der Waals surface area (Å²) in [6.45, 7) is 10.5. The van der Waals surface area contributed by atoms with Gasteiger partial charge in [0.05, 0.1) is 12.2 Å². The van der Waals surface area contributed by atoms with E-state index in [2.05, 4.69) is 20.8 Å². The summed E-state index contributed by atoms with van der Waals surface area (Å²) < 4.78 is 10.2. The van der Waals surface area contributed by atoms with E-state index in [1.807, 2.05) is 0 Å². The lowest BCUT2D eigenvalue weighted by molar-refractivity contribution is -0.163. The van der Waals surface area contributed by atoms with Crippen molar-refractivity contribution in [1.82, 2.24) is 0 Å². The molecule has 0 spiro atoms. The molecule has 0 aromatic carbocycles. The molecule has 31 heavy (non-hydrogen) atoms. The molecular formula is C26H48O5. The minimum absolute atomic E-state index is 0.207. The fourth-order valence-corrected chi connectivity index (χ4v) is 5.00. The quantitative estimate of drug-likeness (QED) is 0.185. The van der Waals surface area contributed by atoms with Crippen LogP contribution in [0.25, 0.3) is 0 Å². The summed E-state index contributed by atoms with van der Waals surface area (Å²) in [5.74, 6) is 0.125. The summed E-state index contributed by atoms with van der Waals surface area (Å²) >= 11 is 0. The van der Waals surface area contributed by atoms with Crippen LogP contribution in [-0.4, -0.2) is 42.3 Å². The van der Waals surface area contributed by atoms with Gasteiger partial charge >= 0.3 is 5.97 Å². The monoisotopic (exact) mass is 440 g/mol. The molecule has 0 aromatic heterocycles. The van der Waals surface area contributed by atoms with Crippen molar-refractivity contribution in [3.63, 3.8) is 0 Å². The van der Waals surface area contributed by atoms with Gasteiger partial charge in [-0.3, -0.25) is 4.79 Å². The number of hydrogen-bond acceptors (Lipinski definition) is 5. The third kappa shape index (κ3) is 10.5. The van der Waals surface area contributed by atoms with Crippen molar-refractivity contribution in [3.8, 4) is 0 Å².